The second-order valence-corrected chi connectivity index (χ2v) is 4.13. The number of non-ortho nitro benzene ring substituents is 1. The van der Waals surface area contributed by atoms with Crippen molar-refractivity contribution < 1.29 is 29.5 Å². The van der Waals surface area contributed by atoms with Crippen LogP contribution in [0.5, 0.6) is 0 Å². The minimum Gasteiger partial charge on any atom is -0.481 e. The first-order valence-electron chi connectivity index (χ1n) is 6.12. The molecule has 1 aromatic carbocycles. The standard InChI is InChI=1S/C12H12N4O7/c17-10(18)6-5-9(11(19)20)14-15-12(21)13-7-1-3-8(4-2-7)16(22)23/h1-4H,5-6H2,(H,17,18)(H,19,20)(H2,13,15,21). The summed E-state index contributed by atoms with van der Waals surface area (Å²) in [5, 5.41) is 33.4. The SMILES string of the molecule is O=C(O)CCC(=NNC(=O)Nc1ccc([N+](=O)[O-])cc1)C(=O)O. The van der Waals surface area contributed by atoms with Crippen LogP contribution in [0.3, 0.4) is 0 Å². The lowest BCUT2D eigenvalue weighted by molar-refractivity contribution is -0.384. The van der Waals surface area contributed by atoms with E-state index < -0.39 is 35.0 Å². The monoisotopic (exact) mass is 324 g/mol. The molecule has 0 saturated heterocycles. The van der Waals surface area contributed by atoms with Crippen LogP contribution < -0.4 is 10.7 Å². The van der Waals surface area contributed by atoms with E-state index in [0.29, 0.717) is 0 Å². The van der Waals surface area contributed by atoms with Crippen LogP contribution in [-0.4, -0.2) is 38.8 Å². The number of carbonyl (C=O) groups is 3. The molecule has 1 rings (SSSR count). The zero-order valence-corrected chi connectivity index (χ0v) is 11.6. The van der Waals surface area contributed by atoms with Gasteiger partial charge in [-0.15, -0.1) is 0 Å². The van der Waals surface area contributed by atoms with Gasteiger partial charge in [0.2, 0.25) is 0 Å². The molecule has 0 radical (unpaired) electrons. The highest BCUT2D eigenvalue weighted by Crippen LogP contribution is 2.15. The summed E-state index contributed by atoms with van der Waals surface area (Å²) in [5.41, 5.74) is 1.45. The number of urea groups is 1. The number of carboxylic acids is 2. The van der Waals surface area contributed by atoms with E-state index in [4.69, 9.17) is 10.2 Å². The number of nitro groups is 1. The van der Waals surface area contributed by atoms with Gasteiger partial charge in [0, 0.05) is 24.2 Å². The third kappa shape index (κ3) is 6.20. The normalized spacial score (nSPS) is 10.7. The lowest BCUT2D eigenvalue weighted by atomic mass is 10.2. The summed E-state index contributed by atoms with van der Waals surface area (Å²) >= 11 is 0. The largest absolute Gasteiger partial charge is 0.481 e. The molecule has 122 valence electrons. The number of carbonyl (C=O) groups excluding carboxylic acids is 1. The van der Waals surface area contributed by atoms with E-state index in [0.717, 1.165) is 0 Å². The summed E-state index contributed by atoms with van der Waals surface area (Å²) < 4.78 is 0. The van der Waals surface area contributed by atoms with Crippen LogP contribution in [0, 0.1) is 10.1 Å². The fourth-order valence-corrected chi connectivity index (χ4v) is 1.38. The third-order valence-electron chi connectivity index (χ3n) is 2.45. The number of nitrogens with zero attached hydrogens (tertiary/aromatic N) is 2. The van der Waals surface area contributed by atoms with Gasteiger partial charge in [0.05, 0.1) is 11.3 Å². The number of rotatable bonds is 7. The number of amides is 2. The quantitative estimate of drug-likeness (QED) is 0.329. The van der Waals surface area contributed by atoms with Crippen molar-refractivity contribution in [2.24, 2.45) is 5.10 Å². The van der Waals surface area contributed by atoms with Crippen molar-refractivity contribution in [3.8, 4) is 0 Å². The summed E-state index contributed by atoms with van der Waals surface area (Å²) in [7, 11) is 0. The zero-order chi connectivity index (χ0) is 17.4. The first kappa shape index (κ1) is 17.6. The predicted octanol–water partition coefficient (Wildman–Crippen LogP) is 1.02. The summed E-state index contributed by atoms with van der Waals surface area (Å²) in [6.07, 6.45) is -0.806. The van der Waals surface area contributed by atoms with Crippen LogP contribution in [-0.2, 0) is 9.59 Å². The van der Waals surface area contributed by atoms with Crippen molar-refractivity contribution >= 4 is 35.1 Å². The molecular weight excluding hydrogens is 312 g/mol. The Bertz CT molecular complexity index is 654. The van der Waals surface area contributed by atoms with Crippen molar-refractivity contribution in [3.05, 3.63) is 34.4 Å². The number of hydrogen-bond acceptors (Lipinski definition) is 6. The smallest absolute Gasteiger partial charge is 0.352 e. The lowest BCUT2D eigenvalue weighted by Gasteiger charge is -2.05. The molecule has 0 heterocycles. The average Bonchev–Trinajstić information content (AvgIpc) is 2.47. The molecule has 11 heteroatoms. The highest BCUT2D eigenvalue weighted by molar-refractivity contribution is 6.35. The second-order valence-electron chi connectivity index (χ2n) is 4.13. The Kier molecular flexibility index (Phi) is 6.16. The van der Waals surface area contributed by atoms with E-state index in [-0.39, 0.29) is 17.8 Å². The molecule has 0 bridgehead atoms. The summed E-state index contributed by atoms with van der Waals surface area (Å²) in [5.74, 6) is -2.66. The molecule has 0 unspecified atom stereocenters. The molecule has 2 amide bonds. The van der Waals surface area contributed by atoms with Gasteiger partial charge < -0.3 is 15.5 Å². The number of benzene rings is 1. The number of hydrazone groups is 1. The van der Waals surface area contributed by atoms with Crippen molar-refractivity contribution in [1.29, 1.82) is 0 Å². The maximum Gasteiger partial charge on any atom is 0.352 e. The number of aliphatic carboxylic acids is 2. The molecule has 0 aliphatic heterocycles. The van der Waals surface area contributed by atoms with Crippen LogP contribution in [0.2, 0.25) is 0 Å². The predicted molar refractivity (Wildman–Crippen MR) is 77.2 cm³/mol. The van der Waals surface area contributed by atoms with Gasteiger partial charge in [-0.3, -0.25) is 14.9 Å². The van der Waals surface area contributed by atoms with Gasteiger partial charge in [0.25, 0.3) is 5.69 Å². The van der Waals surface area contributed by atoms with E-state index >= 15 is 0 Å². The molecule has 0 aromatic heterocycles. The van der Waals surface area contributed by atoms with Crippen molar-refractivity contribution in [1.82, 2.24) is 5.43 Å². The van der Waals surface area contributed by atoms with Crippen LogP contribution in [0.4, 0.5) is 16.2 Å². The van der Waals surface area contributed by atoms with E-state index in [1.807, 2.05) is 5.43 Å². The average molecular weight is 324 g/mol. The summed E-state index contributed by atoms with van der Waals surface area (Å²) in [6, 6.07) is 4.03. The fourth-order valence-electron chi connectivity index (χ4n) is 1.38. The van der Waals surface area contributed by atoms with E-state index in [1.54, 1.807) is 0 Å². The molecule has 11 nitrogen and oxygen atoms in total. The zero-order valence-electron chi connectivity index (χ0n) is 11.6. The first-order valence-corrected chi connectivity index (χ1v) is 6.12. The molecule has 0 spiro atoms. The minimum atomic E-state index is -1.46. The highest BCUT2D eigenvalue weighted by Gasteiger charge is 2.13. The molecule has 1 aromatic rings. The molecule has 0 aliphatic carbocycles. The first-order chi connectivity index (χ1) is 10.8. The van der Waals surface area contributed by atoms with E-state index in [2.05, 4.69) is 10.4 Å². The molecule has 0 fully saturated rings. The summed E-state index contributed by atoms with van der Waals surface area (Å²) in [6.45, 7) is 0. The van der Waals surface area contributed by atoms with Gasteiger partial charge in [-0.2, -0.15) is 5.10 Å². The van der Waals surface area contributed by atoms with Crippen molar-refractivity contribution in [3.63, 3.8) is 0 Å². The van der Waals surface area contributed by atoms with Gasteiger partial charge in [-0.1, -0.05) is 0 Å². The second kappa shape index (κ2) is 8.07. The Balaban J connectivity index is 2.63. The van der Waals surface area contributed by atoms with Gasteiger partial charge in [-0.25, -0.2) is 15.0 Å². The maximum atomic E-state index is 11.5. The van der Waals surface area contributed by atoms with Gasteiger partial charge in [0.1, 0.15) is 5.71 Å². The molecular formula is C12H12N4O7. The third-order valence-corrected chi connectivity index (χ3v) is 2.45. The van der Waals surface area contributed by atoms with Gasteiger partial charge in [0.15, 0.2) is 0 Å². The summed E-state index contributed by atoms with van der Waals surface area (Å²) in [4.78, 5) is 42.6. The Labute approximate surface area is 128 Å². The Hall–Kier alpha value is -3.50. The molecule has 0 atom stereocenters. The molecule has 0 aliphatic rings. The number of nitrogens with one attached hydrogen (secondary N) is 2. The van der Waals surface area contributed by atoms with E-state index in [1.165, 1.54) is 24.3 Å². The Morgan fingerprint density at radius 3 is 2.22 bits per heavy atom. The maximum absolute atomic E-state index is 11.5. The van der Waals surface area contributed by atoms with Crippen LogP contribution in [0.25, 0.3) is 0 Å². The van der Waals surface area contributed by atoms with Gasteiger partial charge >= 0.3 is 18.0 Å². The van der Waals surface area contributed by atoms with E-state index in [9.17, 15) is 24.5 Å². The number of nitro benzene ring substituents is 1. The van der Waals surface area contributed by atoms with Crippen LogP contribution >= 0.6 is 0 Å². The fraction of sp³-hybridized carbons (Fsp3) is 0.167. The van der Waals surface area contributed by atoms with Crippen LogP contribution in [0.15, 0.2) is 29.4 Å². The molecule has 4 N–H and O–H groups in total. The van der Waals surface area contributed by atoms with Crippen molar-refractivity contribution in [2.75, 3.05) is 5.32 Å². The number of anilines is 1. The van der Waals surface area contributed by atoms with Crippen molar-refractivity contribution in [2.45, 2.75) is 12.8 Å². The highest BCUT2D eigenvalue weighted by atomic mass is 16.6. The molecule has 23 heavy (non-hydrogen) atoms. The number of hydrogen-bond donors (Lipinski definition) is 4. The Morgan fingerprint density at radius 2 is 1.74 bits per heavy atom. The lowest BCUT2D eigenvalue weighted by Crippen LogP contribution is -2.27. The van der Waals surface area contributed by atoms with Gasteiger partial charge in [-0.05, 0) is 12.1 Å². The minimum absolute atomic E-state index is 0.157. The molecule has 0 saturated carbocycles. The van der Waals surface area contributed by atoms with Crippen LogP contribution in [0.1, 0.15) is 12.8 Å². The Morgan fingerprint density at radius 1 is 1.13 bits per heavy atom. The topological polar surface area (TPSA) is 171 Å². The number of carboxylic acid groups (broad SMARTS) is 2.